The number of carbonyl (C=O) groups is 1. The van der Waals surface area contributed by atoms with Gasteiger partial charge in [0.2, 0.25) is 0 Å². The first-order valence-corrected chi connectivity index (χ1v) is 6.52. The Kier molecular flexibility index (Phi) is 2.83. The van der Waals surface area contributed by atoms with Crippen molar-refractivity contribution in [3.8, 4) is 0 Å². The molecular formula is C13H19NO4. The molecule has 1 fully saturated rings. The lowest BCUT2D eigenvalue weighted by atomic mass is 9.82. The minimum Gasteiger partial charge on any atom is -0.481 e. The van der Waals surface area contributed by atoms with Crippen LogP contribution in [0.4, 0.5) is 0 Å². The maximum absolute atomic E-state index is 11.2. The van der Waals surface area contributed by atoms with E-state index in [9.17, 15) is 9.90 Å². The topological polar surface area (TPSA) is 59.0 Å². The molecule has 5 nitrogen and oxygen atoms in total. The van der Waals surface area contributed by atoms with E-state index in [2.05, 4.69) is 4.90 Å². The summed E-state index contributed by atoms with van der Waals surface area (Å²) in [6, 6.07) is 0. The molecule has 0 radical (unpaired) electrons. The van der Waals surface area contributed by atoms with Gasteiger partial charge in [0.25, 0.3) is 0 Å². The summed E-state index contributed by atoms with van der Waals surface area (Å²) in [7, 11) is 1.98. The smallest absolute Gasteiger partial charge is 0.308 e. The molecule has 0 aromatic carbocycles. The summed E-state index contributed by atoms with van der Waals surface area (Å²) in [6.07, 6.45) is 3.19. The molecular weight excluding hydrogens is 234 g/mol. The first-order valence-electron chi connectivity index (χ1n) is 6.52. The van der Waals surface area contributed by atoms with Crippen molar-refractivity contribution >= 4 is 5.97 Å². The number of hydrogen-bond donors (Lipinski definition) is 1. The highest BCUT2D eigenvalue weighted by molar-refractivity contribution is 5.71. The van der Waals surface area contributed by atoms with Crippen molar-refractivity contribution in [2.75, 3.05) is 26.8 Å². The van der Waals surface area contributed by atoms with Crippen molar-refractivity contribution in [1.82, 2.24) is 4.90 Å². The van der Waals surface area contributed by atoms with E-state index in [0.717, 1.165) is 19.3 Å². The predicted molar refractivity (Wildman–Crippen MR) is 63.9 cm³/mol. The lowest BCUT2D eigenvalue weighted by Crippen LogP contribution is -2.42. The van der Waals surface area contributed by atoms with Gasteiger partial charge in [-0.2, -0.15) is 0 Å². The van der Waals surface area contributed by atoms with Gasteiger partial charge in [0.1, 0.15) is 0 Å². The zero-order chi connectivity index (χ0) is 12.8. The molecule has 18 heavy (non-hydrogen) atoms. The van der Waals surface area contributed by atoms with Gasteiger partial charge in [0.05, 0.1) is 19.1 Å². The third kappa shape index (κ3) is 1.91. The number of rotatable bonds is 1. The number of nitrogens with zero attached hydrogens (tertiary/aromatic N) is 1. The Labute approximate surface area is 106 Å². The standard InChI is InChI=1S/C13H19NO4/c1-14-8-10(12(15)16)6-9-7-13(3-2-11(9)14)17-4-5-18-13/h10H,2-8H2,1H3,(H,15,16). The van der Waals surface area contributed by atoms with E-state index in [1.807, 2.05) is 7.05 Å². The summed E-state index contributed by atoms with van der Waals surface area (Å²) in [4.78, 5) is 13.3. The average Bonchev–Trinajstić information content (AvgIpc) is 2.76. The fourth-order valence-electron chi connectivity index (χ4n) is 3.36. The largest absolute Gasteiger partial charge is 0.481 e. The Bertz CT molecular complexity index is 398. The van der Waals surface area contributed by atoms with Crippen LogP contribution in [0.3, 0.4) is 0 Å². The van der Waals surface area contributed by atoms with Crippen LogP contribution in [0, 0.1) is 5.92 Å². The average molecular weight is 253 g/mol. The highest BCUT2D eigenvalue weighted by atomic mass is 16.7. The molecule has 1 N–H and O–H groups in total. The van der Waals surface area contributed by atoms with Crippen molar-refractivity contribution in [2.45, 2.75) is 31.5 Å². The van der Waals surface area contributed by atoms with Crippen LogP contribution in [0.1, 0.15) is 25.7 Å². The maximum atomic E-state index is 11.2. The van der Waals surface area contributed by atoms with Crippen molar-refractivity contribution in [2.24, 2.45) is 5.92 Å². The van der Waals surface area contributed by atoms with Gasteiger partial charge in [0.15, 0.2) is 5.79 Å². The molecule has 1 spiro atoms. The quantitative estimate of drug-likeness (QED) is 0.761. The number of hydrogen-bond acceptors (Lipinski definition) is 4. The molecule has 2 aliphatic heterocycles. The number of ether oxygens (including phenoxy) is 2. The van der Waals surface area contributed by atoms with Gasteiger partial charge >= 0.3 is 5.97 Å². The first kappa shape index (κ1) is 12.0. The Balaban J connectivity index is 1.83. The van der Waals surface area contributed by atoms with Gasteiger partial charge in [0, 0.05) is 32.1 Å². The second kappa shape index (κ2) is 4.24. The van der Waals surface area contributed by atoms with Crippen LogP contribution in [0.2, 0.25) is 0 Å². The number of allylic oxidation sites excluding steroid dienone is 1. The van der Waals surface area contributed by atoms with Gasteiger partial charge in [-0.1, -0.05) is 0 Å². The Hall–Kier alpha value is -1.07. The van der Waals surface area contributed by atoms with Gasteiger partial charge in [-0.25, -0.2) is 0 Å². The Morgan fingerprint density at radius 2 is 2.17 bits per heavy atom. The molecule has 0 aromatic rings. The lowest BCUT2D eigenvalue weighted by Gasteiger charge is -2.41. The maximum Gasteiger partial charge on any atom is 0.308 e. The highest BCUT2D eigenvalue weighted by Crippen LogP contribution is 2.43. The minimum atomic E-state index is -0.707. The molecule has 0 aromatic heterocycles. The molecule has 100 valence electrons. The third-order valence-electron chi connectivity index (χ3n) is 4.24. The Morgan fingerprint density at radius 3 is 2.83 bits per heavy atom. The normalized spacial score (nSPS) is 30.7. The van der Waals surface area contributed by atoms with Gasteiger partial charge < -0.3 is 19.5 Å². The zero-order valence-electron chi connectivity index (χ0n) is 10.6. The fraction of sp³-hybridized carbons (Fsp3) is 0.769. The van der Waals surface area contributed by atoms with Crippen LogP contribution >= 0.6 is 0 Å². The van der Waals surface area contributed by atoms with E-state index in [1.165, 1.54) is 11.3 Å². The van der Waals surface area contributed by atoms with Crippen molar-refractivity contribution < 1.29 is 19.4 Å². The molecule has 0 saturated carbocycles. The van der Waals surface area contributed by atoms with Gasteiger partial charge in [-0.3, -0.25) is 4.79 Å². The molecule has 1 aliphatic carbocycles. The molecule has 5 heteroatoms. The second-order valence-corrected chi connectivity index (χ2v) is 5.45. The summed E-state index contributed by atoms with van der Waals surface area (Å²) in [5.41, 5.74) is 2.52. The first-order chi connectivity index (χ1) is 8.60. The minimum absolute atomic E-state index is 0.301. The highest BCUT2D eigenvalue weighted by Gasteiger charge is 2.43. The van der Waals surface area contributed by atoms with Crippen LogP contribution in [0.15, 0.2) is 11.3 Å². The van der Waals surface area contributed by atoms with E-state index in [0.29, 0.717) is 26.2 Å². The molecule has 0 bridgehead atoms. The summed E-state index contributed by atoms with van der Waals surface area (Å²) >= 11 is 0. The molecule has 0 amide bonds. The number of carboxylic acids is 1. The van der Waals surface area contributed by atoms with Gasteiger partial charge in [-0.05, 0) is 18.4 Å². The van der Waals surface area contributed by atoms with E-state index in [1.54, 1.807) is 0 Å². The van der Waals surface area contributed by atoms with Crippen LogP contribution in [0.25, 0.3) is 0 Å². The number of aliphatic carboxylic acids is 1. The monoisotopic (exact) mass is 253 g/mol. The second-order valence-electron chi connectivity index (χ2n) is 5.45. The predicted octanol–water partition coefficient (Wildman–Crippen LogP) is 1.20. The summed E-state index contributed by atoms with van der Waals surface area (Å²) in [5, 5.41) is 9.19. The van der Waals surface area contributed by atoms with Crippen LogP contribution < -0.4 is 0 Å². The summed E-state index contributed by atoms with van der Waals surface area (Å²) in [6.45, 7) is 1.92. The fourth-order valence-corrected chi connectivity index (χ4v) is 3.36. The molecule has 1 atom stereocenters. The summed E-state index contributed by atoms with van der Waals surface area (Å²) in [5.74, 6) is -1.47. The van der Waals surface area contributed by atoms with Crippen LogP contribution in [-0.2, 0) is 14.3 Å². The van der Waals surface area contributed by atoms with E-state index in [-0.39, 0.29) is 5.92 Å². The van der Waals surface area contributed by atoms with Crippen LogP contribution in [0.5, 0.6) is 0 Å². The molecule has 1 saturated heterocycles. The molecule has 1 unspecified atom stereocenters. The molecule has 3 rings (SSSR count). The third-order valence-corrected chi connectivity index (χ3v) is 4.24. The molecule has 3 aliphatic rings. The SMILES string of the molecule is CN1CC(C(=O)O)CC2=C1CCC1(C2)OCCO1. The van der Waals surface area contributed by atoms with Crippen molar-refractivity contribution in [1.29, 1.82) is 0 Å². The molecule has 2 heterocycles. The van der Waals surface area contributed by atoms with Gasteiger partial charge in [-0.15, -0.1) is 0 Å². The lowest BCUT2D eigenvalue weighted by molar-refractivity contribution is -0.167. The van der Waals surface area contributed by atoms with Crippen molar-refractivity contribution in [3.05, 3.63) is 11.3 Å². The van der Waals surface area contributed by atoms with E-state index >= 15 is 0 Å². The zero-order valence-corrected chi connectivity index (χ0v) is 10.6. The van der Waals surface area contributed by atoms with E-state index in [4.69, 9.17) is 9.47 Å². The number of carboxylic acid groups (broad SMARTS) is 1. The Morgan fingerprint density at radius 1 is 1.44 bits per heavy atom. The summed E-state index contributed by atoms with van der Waals surface area (Å²) < 4.78 is 11.5. The van der Waals surface area contributed by atoms with E-state index < -0.39 is 11.8 Å². The van der Waals surface area contributed by atoms with Crippen LogP contribution in [-0.4, -0.2) is 48.6 Å². The van der Waals surface area contributed by atoms with Crippen molar-refractivity contribution in [3.63, 3.8) is 0 Å².